The van der Waals surface area contributed by atoms with Gasteiger partial charge in [-0.2, -0.15) is 0 Å². The number of hydrogen-bond acceptors (Lipinski definition) is 17. The van der Waals surface area contributed by atoms with Gasteiger partial charge >= 0.3 is 0 Å². The van der Waals surface area contributed by atoms with Crippen molar-refractivity contribution in [3.63, 3.8) is 0 Å². The lowest BCUT2D eigenvalue weighted by Crippen LogP contribution is -2.04. The highest BCUT2D eigenvalue weighted by Gasteiger charge is 2.26. The van der Waals surface area contributed by atoms with Crippen LogP contribution in [0.15, 0.2) is 238 Å². The lowest BCUT2D eigenvalue weighted by atomic mass is 10.0. The first-order valence-electron chi connectivity index (χ1n) is 30.2. The zero-order chi connectivity index (χ0) is 78.4. The molecular formula is C75H61Cl8F4N11O6S2. The molecule has 0 amide bonds. The van der Waals surface area contributed by atoms with Crippen LogP contribution >= 0.6 is 92.8 Å². The lowest BCUT2D eigenvalue weighted by molar-refractivity contribution is 0.103. The molecule has 0 heterocycles. The van der Waals surface area contributed by atoms with E-state index in [9.17, 15) is 44.0 Å². The molecule has 0 aliphatic heterocycles. The molecule has 31 heteroatoms. The van der Waals surface area contributed by atoms with Crippen molar-refractivity contribution in [3.05, 3.63) is 310 Å². The highest BCUT2D eigenvalue weighted by atomic mass is 35.5. The molecule has 0 radical (unpaired) electrons. The van der Waals surface area contributed by atoms with Crippen LogP contribution in [-0.4, -0.2) is 28.4 Å². The quantitative estimate of drug-likeness (QED) is 0.0344. The molecule has 0 spiro atoms. The van der Waals surface area contributed by atoms with Gasteiger partial charge in [0, 0.05) is 95.9 Å². The van der Waals surface area contributed by atoms with Crippen LogP contribution in [0.1, 0.15) is 37.4 Å². The van der Waals surface area contributed by atoms with E-state index in [0.29, 0.717) is 115 Å². The molecule has 106 heavy (non-hydrogen) atoms. The van der Waals surface area contributed by atoms with E-state index in [-0.39, 0.29) is 52.6 Å². The molecule has 0 atom stereocenters. The Kier molecular flexibility index (Phi) is 28.3. The topological polar surface area (TPSA) is 389 Å². The molecule has 0 saturated carbocycles. The van der Waals surface area contributed by atoms with Gasteiger partial charge in [-0.05, 0) is 231 Å². The molecule has 17 nitrogen and oxygen atoms in total. The number of rotatable bonds is 10. The molecule has 12 rings (SSSR count). The number of carbonyl (C=O) groups is 2. The number of nitrogens with two attached hydrogens (primary N) is 11. The minimum absolute atomic E-state index is 0.0278. The van der Waals surface area contributed by atoms with E-state index in [1.54, 1.807) is 109 Å². The molecule has 0 aromatic heterocycles. The molecule has 12 aromatic rings. The third-order valence-electron chi connectivity index (χ3n) is 14.6. The van der Waals surface area contributed by atoms with Crippen molar-refractivity contribution in [2.75, 3.05) is 63.1 Å². The van der Waals surface area contributed by atoms with Crippen LogP contribution in [-0.2, 0) is 19.7 Å². The van der Waals surface area contributed by atoms with E-state index in [1.807, 2.05) is 19.1 Å². The summed E-state index contributed by atoms with van der Waals surface area (Å²) in [6.07, 6.45) is 0. The molecule has 0 aliphatic rings. The minimum Gasteiger partial charge on any atom is -0.399 e. The van der Waals surface area contributed by atoms with Crippen LogP contribution in [0, 0.1) is 30.2 Å². The molecule has 0 saturated heterocycles. The third-order valence-corrected chi connectivity index (χ3v) is 20.9. The van der Waals surface area contributed by atoms with E-state index >= 15 is 0 Å². The number of sulfone groups is 2. The monoisotopic (exact) mass is 1630 g/mol. The average Bonchev–Trinajstić information content (AvgIpc) is 0.789. The van der Waals surface area contributed by atoms with Crippen molar-refractivity contribution in [3.8, 4) is 22.3 Å². The Labute approximate surface area is 647 Å². The number of aryl methyl sites for hydroxylation is 1. The summed E-state index contributed by atoms with van der Waals surface area (Å²) in [5.74, 6) is -4.86. The molecule has 0 unspecified atom stereocenters. The normalized spacial score (nSPS) is 10.8. The predicted molar refractivity (Wildman–Crippen MR) is 426 cm³/mol. The van der Waals surface area contributed by atoms with Gasteiger partial charge in [-0.15, -0.1) is 0 Å². The second kappa shape index (κ2) is 36.1. The van der Waals surface area contributed by atoms with Crippen LogP contribution in [0.25, 0.3) is 22.3 Å². The van der Waals surface area contributed by atoms with Gasteiger partial charge in [-0.25, -0.2) is 34.4 Å². The molecule has 12 aromatic carbocycles. The van der Waals surface area contributed by atoms with Gasteiger partial charge in [0.1, 0.15) is 23.3 Å². The first-order chi connectivity index (χ1) is 49.8. The van der Waals surface area contributed by atoms with Gasteiger partial charge in [0.25, 0.3) is 0 Å². The Hall–Kier alpha value is -10.3. The number of ketones is 2. The Morgan fingerprint density at radius 1 is 0.264 bits per heavy atom. The highest BCUT2D eigenvalue weighted by molar-refractivity contribution is 7.92. The molecule has 22 N–H and O–H groups in total. The summed E-state index contributed by atoms with van der Waals surface area (Å²) in [7, 11) is -7.29. The summed E-state index contributed by atoms with van der Waals surface area (Å²) in [5.41, 5.74) is 67.3. The fourth-order valence-corrected chi connectivity index (χ4v) is 15.1. The van der Waals surface area contributed by atoms with Crippen molar-refractivity contribution in [1.29, 1.82) is 0 Å². The molecule has 0 bridgehead atoms. The lowest BCUT2D eigenvalue weighted by Gasteiger charge is -2.13. The summed E-state index contributed by atoms with van der Waals surface area (Å²) in [6.45, 7) is 1.91. The van der Waals surface area contributed by atoms with Crippen molar-refractivity contribution in [2.24, 2.45) is 0 Å². The van der Waals surface area contributed by atoms with E-state index in [1.165, 1.54) is 72.8 Å². The Bertz CT molecular complexity index is 4990. The maximum Gasteiger partial charge on any atom is 0.209 e. The number of anilines is 11. The number of benzene rings is 12. The van der Waals surface area contributed by atoms with Crippen LogP contribution in [0.2, 0.25) is 40.2 Å². The minimum atomic E-state index is -3.81. The highest BCUT2D eigenvalue weighted by Crippen LogP contribution is 2.44. The van der Waals surface area contributed by atoms with Gasteiger partial charge in [0.05, 0.1) is 70.9 Å². The molecule has 0 aliphatic carbocycles. The van der Waals surface area contributed by atoms with E-state index in [4.69, 9.17) is 156 Å². The van der Waals surface area contributed by atoms with E-state index in [2.05, 4.69) is 0 Å². The predicted octanol–water partition coefficient (Wildman–Crippen LogP) is 19.1. The standard InChI is InChI=1S/C13H9Cl4N.C13H10Cl2N2O.C13H12N2O.C12H10Cl2N2O2S.C12H8F4N2.C12H12N2O2S/c1-6-2-8(14)12(9(15)3-6)13-10(16)4-7(18)5-11(13)17;14-11-5-7(16)1-3-9(11)13(18)10-4-2-8(17)6-12(10)15;14-11-5-1-9(2-6-11)13(16)10-3-7-12(15)8-4-10;13-9-5-7(15)1-3-11(9)19(17,18)12-4-2-8(16)6-10(12)14;13-7-1-5(17)2-8(14)11(7)12-9(15)3-6(18)4-10(12)16;13-9-1-5-11(6-2-9)17(15,16)12-7-3-10(14)4-8-12/h2-5H,18H2,1H3;1-6H,16-17H2;1-8H,14-15H2;1-6H,15-16H2;1-4H,17-18H2;1-8H,13-14H2. The van der Waals surface area contributed by atoms with Crippen LogP contribution in [0.5, 0.6) is 0 Å². The summed E-state index contributed by atoms with van der Waals surface area (Å²) >= 11 is 48.6. The molecule has 548 valence electrons. The largest absolute Gasteiger partial charge is 0.399 e. The summed E-state index contributed by atoms with van der Waals surface area (Å²) in [5, 5.41) is 2.56. The van der Waals surface area contributed by atoms with Crippen LogP contribution < -0.4 is 63.1 Å². The zero-order valence-corrected chi connectivity index (χ0v) is 62.6. The van der Waals surface area contributed by atoms with Crippen LogP contribution in [0.3, 0.4) is 0 Å². The second-order valence-corrected chi connectivity index (χ2v) is 29.7. The first kappa shape index (κ1) is 83.0. The van der Waals surface area contributed by atoms with Gasteiger partial charge in [0.15, 0.2) is 11.6 Å². The van der Waals surface area contributed by atoms with Gasteiger partial charge in [-0.3, -0.25) is 9.59 Å². The van der Waals surface area contributed by atoms with Gasteiger partial charge in [-0.1, -0.05) is 92.8 Å². The van der Waals surface area contributed by atoms with Gasteiger partial charge < -0.3 is 63.1 Å². The average molecular weight is 1640 g/mol. The van der Waals surface area contributed by atoms with Gasteiger partial charge in [0.2, 0.25) is 19.7 Å². The van der Waals surface area contributed by atoms with E-state index in [0.717, 1.165) is 29.8 Å². The van der Waals surface area contributed by atoms with Crippen molar-refractivity contribution in [1.82, 2.24) is 0 Å². The number of hydrogen-bond donors (Lipinski definition) is 11. The van der Waals surface area contributed by atoms with Crippen LogP contribution in [0.4, 0.5) is 80.1 Å². The van der Waals surface area contributed by atoms with E-state index < -0.39 is 54.1 Å². The Balaban J connectivity index is 0.000000178. The van der Waals surface area contributed by atoms with Crippen molar-refractivity contribution < 1.29 is 44.0 Å². The SMILES string of the molecule is Cc1cc(Cl)c(-c2c(Cl)cc(N)cc2Cl)c(Cl)c1.Nc1cc(F)c(-c2c(F)cc(N)cc2F)c(F)c1.Nc1ccc(C(=O)c2ccc(N)cc2)cc1.Nc1ccc(C(=O)c2ccc(N)cc2Cl)c(Cl)c1.Nc1ccc(S(=O)(=O)c2ccc(N)cc2)cc1.Nc1ccc(S(=O)(=O)c2ccc(N)cc2Cl)c(Cl)c1. The first-order valence-corrected chi connectivity index (χ1v) is 36.2. The summed E-state index contributed by atoms with van der Waals surface area (Å²) < 4.78 is 104. The van der Waals surface area contributed by atoms with Crippen molar-refractivity contribution >= 4 is 187 Å². The fraction of sp³-hybridized carbons (Fsp3) is 0.0133. The van der Waals surface area contributed by atoms with Crippen molar-refractivity contribution in [2.45, 2.75) is 26.5 Å². The smallest absolute Gasteiger partial charge is 0.209 e. The third kappa shape index (κ3) is 21.5. The molecular weight excluding hydrogens is 1570 g/mol. The summed E-state index contributed by atoms with van der Waals surface area (Å²) in [6, 6.07) is 53.7. The zero-order valence-electron chi connectivity index (χ0n) is 54.9. The maximum absolute atomic E-state index is 13.6. The fourth-order valence-electron chi connectivity index (χ4n) is 9.46. The maximum atomic E-state index is 13.6. The Morgan fingerprint density at radius 3 is 0.802 bits per heavy atom. The number of halogens is 12. The second-order valence-electron chi connectivity index (χ2n) is 22.6. The number of carbonyl (C=O) groups excluding carboxylic acids is 2. The summed E-state index contributed by atoms with van der Waals surface area (Å²) in [4.78, 5) is 24.6. The Morgan fingerprint density at radius 2 is 0.509 bits per heavy atom. The molecule has 0 fully saturated rings. The number of nitrogen functional groups attached to an aromatic ring is 11.